The zero-order valence-corrected chi connectivity index (χ0v) is 17.0. The van der Waals surface area contributed by atoms with Crippen LogP contribution in [0.2, 0.25) is 0 Å². The van der Waals surface area contributed by atoms with Gasteiger partial charge in [-0.25, -0.2) is 4.98 Å². The zero-order chi connectivity index (χ0) is 22.1. The summed E-state index contributed by atoms with van der Waals surface area (Å²) in [6.45, 7) is 3.22. The third-order valence-corrected chi connectivity index (χ3v) is 4.48. The van der Waals surface area contributed by atoms with Gasteiger partial charge in [-0.05, 0) is 55.0 Å². The molecule has 0 saturated carbocycles. The van der Waals surface area contributed by atoms with Crippen LogP contribution in [0.3, 0.4) is 0 Å². The molecule has 0 fully saturated rings. The Morgan fingerprint density at radius 1 is 1.00 bits per heavy atom. The number of ether oxygens (including phenoxy) is 1. The largest absolute Gasteiger partial charge is 0.494 e. The Hall–Kier alpha value is -4.09. The van der Waals surface area contributed by atoms with Crippen LogP contribution in [0.1, 0.15) is 35.1 Å². The van der Waals surface area contributed by atoms with Gasteiger partial charge >= 0.3 is 6.15 Å². The minimum absolute atomic E-state index is 0.0270. The Kier molecular flexibility index (Phi) is 7.40. The molecule has 0 aliphatic carbocycles. The number of hydrogen-bond donors (Lipinski definition) is 0. The lowest BCUT2D eigenvalue weighted by Gasteiger charge is -2.09. The van der Waals surface area contributed by atoms with E-state index in [1.807, 2.05) is 59.3 Å². The van der Waals surface area contributed by atoms with Crippen molar-refractivity contribution in [3.63, 3.8) is 0 Å². The number of aromatic nitrogens is 3. The minimum Gasteiger partial charge on any atom is -0.494 e. The lowest BCUT2D eigenvalue weighted by Crippen LogP contribution is -2.11. The molecule has 4 rings (SSSR count). The first kappa shape index (κ1) is 21.6. The Morgan fingerprint density at radius 3 is 2.42 bits per heavy atom. The molecular formula is C24H21N3O4. The van der Waals surface area contributed by atoms with E-state index < -0.39 is 0 Å². The molecule has 0 aliphatic heterocycles. The van der Waals surface area contributed by atoms with Crippen molar-refractivity contribution in [1.29, 1.82) is 0 Å². The van der Waals surface area contributed by atoms with Crippen LogP contribution in [0.4, 0.5) is 0 Å². The molecule has 2 aromatic heterocycles. The molecule has 0 aliphatic rings. The van der Waals surface area contributed by atoms with Gasteiger partial charge in [0, 0.05) is 11.8 Å². The average Bonchev–Trinajstić information content (AvgIpc) is 3.26. The molecule has 0 amide bonds. The molecule has 0 spiro atoms. The van der Waals surface area contributed by atoms with Gasteiger partial charge in [0.1, 0.15) is 5.75 Å². The summed E-state index contributed by atoms with van der Waals surface area (Å²) in [5, 5.41) is 0. The highest BCUT2D eigenvalue weighted by Gasteiger charge is 2.14. The number of carbonyl (C=O) groups is 1. The summed E-state index contributed by atoms with van der Waals surface area (Å²) in [7, 11) is 0. The smallest absolute Gasteiger partial charge is 0.373 e. The number of hydrogen-bond acceptors (Lipinski definition) is 6. The lowest BCUT2D eigenvalue weighted by molar-refractivity contribution is -0.191. The predicted molar refractivity (Wildman–Crippen MR) is 114 cm³/mol. The molecule has 0 bridgehead atoms. The van der Waals surface area contributed by atoms with Crippen LogP contribution in [0.25, 0.3) is 11.0 Å². The molecule has 0 atom stereocenters. The lowest BCUT2D eigenvalue weighted by atomic mass is 10.1. The van der Waals surface area contributed by atoms with E-state index in [0.29, 0.717) is 24.4 Å². The van der Waals surface area contributed by atoms with Crippen LogP contribution in [-0.2, 0) is 16.1 Å². The van der Waals surface area contributed by atoms with Gasteiger partial charge in [0.2, 0.25) is 5.78 Å². The molecule has 2 aromatic carbocycles. The van der Waals surface area contributed by atoms with Crippen LogP contribution in [0.15, 0.2) is 73.1 Å². The van der Waals surface area contributed by atoms with Gasteiger partial charge in [-0.1, -0.05) is 19.1 Å². The maximum Gasteiger partial charge on any atom is 0.373 e. The average molecular weight is 415 g/mol. The number of ketones is 1. The summed E-state index contributed by atoms with van der Waals surface area (Å²) >= 11 is 0. The van der Waals surface area contributed by atoms with Crippen molar-refractivity contribution in [1.82, 2.24) is 14.5 Å². The second kappa shape index (κ2) is 10.6. The summed E-state index contributed by atoms with van der Waals surface area (Å²) < 4.78 is 7.49. The van der Waals surface area contributed by atoms with E-state index in [4.69, 9.17) is 14.3 Å². The molecule has 7 heteroatoms. The van der Waals surface area contributed by atoms with E-state index in [2.05, 4.69) is 16.9 Å². The van der Waals surface area contributed by atoms with Crippen LogP contribution in [0, 0.1) is 0 Å². The fourth-order valence-electron chi connectivity index (χ4n) is 3.07. The summed E-state index contributed by atoms with van der Waals surface area (Å²) in [5.41, 5.74) is 3.78. The van der Waals surface area contributed by atoms with Gasteiger partial charge in [0.15, 0.2) is 0 Å². The first-order chi connectivity index (χ1) is 15.2. The Balaban J connectivity index is 0.000000858. The van der Waals surface area contributed by atoms with Crippen LogP contribution in [0.5, 0.6) is 5.75 Å². The number of nitrogens with zero attached hydrogens (tertiary/aromatic N) is 3. The van der Waals surface area contributed by atoms with Crippen molar-refractivity contribution in [2.24, 2.45) is 0 Å². The monoisotopic (exact) mass is 415 g/mol. The van der Waals surface area contributed by atoms with Crippen molar-refractivity contribution in [3.8, 4) is 5.75 Å². The maximum absolute atomic E-state index is 13.0. The summed E-state index contributed by atoms with van der Waals surface area (Å²) in [4.78, 5) is 38.3. The van der Waals surface area contributed by atoms with Crippen LogP contribution in [-0.4, -0.2) is 33.1 Å². The van der Waals surface area contributed by atoms with Crippen LogP contribution >= 0.6 is 0 Å². The highest BCUT2D eigenvalue weighted by Crippen LogP contribution is 2.17. The van der Waals surface area contributed by atoms with Crippen molar-refractivity contribution < 1.29 is 19.1 Å². The number of benzene rings is 2. The maximum atomic E-state index is 13.0. The summed E-state index contributed by atoms with van der Waals surface area (Å²) in [5.74, 6) is 0.751. The molecule has 156 valence electrons. The second-order valence-corrected chi connectivity index (χ2v) is 6.66. The van der Waals surface area contributed by atoms with Crippen molar-refractivity contribution in [2.75, 3.05) is 6.61 Å². The normalized spacial score (nSPS) is 10.1. The van der Waals surface area contributed by atoms with Gasteiger partial charge in [0.25, 0.3) is 0 Å². The third-order valence-electron chi connectivity index (χ3n) is 4.48. The van der Waals surface area contributed by atoms with E-state index in [9.17, 15) is 4.79 Å². The van der Waals surface area contributed by atoms with E-state index in [1.165, 1.54) is 0 Å². The second-order valence-electron chi connectivity index (χ2n) is 6.66. The van der Waals surface area contributed by atoms with Gasteiger partial charge in [-0.15, -0.1) is 0 Å². The first-order valence-electron chi connectivity index (χ1n) is 9.79. The molecule has 2 heterocycles. The minimum atomic E-state index is -0.0270. The summed E-state index contributed by atoms with van der Waals surface area (Å²) in [6, 6.07) is 18.8. The molecule has 0 radical (unpaired) electrons. The molecule has 4 aromatic rings. The Bertz CT molecular complexity index is 1190. The number of para-hydroxylation sites is 2. The van der Waals surface area contributed by atoms with E-state index in [1.54, 1.807) is 18.3 Å². The third kappa shape index (κ3) is 5.50. The Labute approximate surface area is 179 Å². The summed E-state index contributed by atoms with van der Waals surface area (Å²) in [6.07, 6.45) is 4.85. The SMILES string of the molecule is CCCOc1ccc(C(=O)c2cccn2Cc2cnc3ccccc3n2)cc1.O=C=O. The van der Waals surface area contributed by atoms with Gasteiger partial charge < -0.3 is 9.30 Å². The van der Waals surface area contributed by atoms with E-state index >= 15 is 0 Å². The van der Waals surface area contributed by atoms with Gasteiger partial charge in [0.05, 0.1) is 41.8 Å². The fraction of sp³-hybridized carbons (Fsp3) is 0.167. The van der Waals surface area contributed by atoms with E-state index in [-0.39, 0.29) is 11.9 Å². The first-order valence-corrected chi connectivity index (χ1v) is 9.79. The fourth-order valence-corrected chi connectivity index (χ4v) is 3.07. The standard InChI is InChI=1S/C23H21N3O2.CO2/c1-2-14-28-19-11-9-17(10-12-19)23(27)22-8-5-13-26(22)16-18-15-24-20-6-3-4-7-21(20)25-18;2-1-3/h3-13,15H,2,14,16H2,1H3;. The van der Waals surface area contributed by atoms with Crippen molar-refractivity contribution in [2.45, 2.75) is 19.9 Å². The number of fused-ring (bicyclic) bond motifs is 1. The van der Waals surface area contributed by atoms with Crippen LogP contribution < -0.4 is 4.74 Å². The Morgan fingerprint density at radius 2 is 1.71 bits per heavy atom. The highest BCUT2D eigenvalue weighted by molar-refractivity contribution is 6.08. The highest BCUT2D eigenvalue weighted by atomic mass is 16.5. The van der Waals surface area contributed by atoms with Gasteiger partial charge in [-0.3, -0.25) is 9.78 Å². The van der Waals surface area contributed by atoms with Crippen molar-refractivity contribution in [3.05, 3.63) is 90.0 Å². The molecule has 0 saturated heterocycles. The molecular weight excluding hydrogens is 394 g/mol. The molecule has 31 heavy (non-hydrogen) atoms. The van der Waals surface area contributed by atoms with Gasteiger partial charge in [-0.2, -0.15) is 9.59 Å². The van der Waals surface area contributed by atoms with Crippen molar-refractivity contribution >= 4 is 23.0 Å². The molecule has 0 unspecified atom stereocenters. The quantitative estimate of drug-likeness (QED) is 0.425. The zero-order valence-electron chi connectivity index (χ0n) is 17.0. The predicted octanol–water partition coefficient (Wildman–Crippen LogP) is 3.92. The molecule has 0 N–H and O–H groups in total. The number of carbonyl (C=O) groups excluding carboxylic acids is 3. The topological polar surface area (TPSA) is 91.2 Å². The number of rotatable bonds is 7. The van der Waals surface area contributed by atoms with E-state index in [0.717, 1.165) is 28.9 Å². The molecule has 7 nitrogen and oxygen atoms in total.